The Hall–Kier alpha value is -2.38. The van der Waals surface area contributed by atoms with Crippen LogP contribution in [0.3, 0.4) is 0 Å². The number of carbonyl (C=O) groups excluding carboxylic acids is 1. The van der Waals surface area contributed by atoms with E-state index in [1.807, 2.05) is 24.3 Å². The van der Waals surface area contributed by atoms with Crippen LogP contribution >= 0.6 is 0 Å². The van der Waals surface area contributed by atoms with Gasteiger partial charge in [0.25, 0.3) is 5.91 Å². The van der Waals surface area contributed by atoms with E-state index in [0.29, 0.717) is 12.5 Å². The van der Waals surface area contributed by atoms with E-state index in [1.54, 1.807) is 12.1 Å². The number of para-hydroxylation sites is 1. The number of carbonyl (C=O) groups is 1. The van der Waals surface area contributed by atoms with Crippen molar-refractivity contribution in [3.05, 3.63) is 59.7 Å². The molecule has 2 N–H and O–H groups in total. The number of benzene rings is 2. The molecular weight excluding hydrogens is 364 g/mol. The number of nitrogens with one attached hydrogen (secondary N) is 2. The minimum Gasteiger partial charge on any atom is -0.483 e. The molecule has 2 rings (SSSR count). The smallest absolute Gasteiger partial charge is 0.258 e. The summed E-state index contributed by atoms with van der Waals surface area (Å²) in [5.41, 5.74) is 1.90. The summed E-state index contributed by atoms with van der Waals surface area (Å²) in [5, 5.41) is 2.78. The molecule has 0 radical (unpaired) electrons. The van der Waals surface area contributed by atoms with Crippen molar-refractivity contribution in [1.82, 2.24) is 10.0 Å². The van der Waals surface area contributed by atoms with Gasteiger partial charge in [0.1, 0.15) is 5.75 Å². The van der Waals surface area contributed by atoms with Crippen molar-refractivity contribution < 1.29 is 17.9 Å². The van der Waals surface area contributed by atoms with Crippen molar-refractivity contribution in [1.29, 1.82) is 0 Å². The monoisotopic (exact) mass is 390 g/mol. The SMILES string of the molecule is CCC(C)c1ccccc1OCC(=O)NCc1ccc(S(=O)(=O)NC)cc1. The third kappa shape index (κ3) is 5.80. The zero-order valence-corrected chi connectivity index (χ0v) is 16.7. The van der Waals surface area contributed by atoms with Gasteiger partial charge in [0.05, 0.1) is 4.90 Å². The van der Waals surface area contributed by atoms with Gasteiger partial charge in [-0.1, -0.05) is 44.2 Å². The summed E-state index contributed by atoms with van der Waals surface area (Å²) in [6.45, 7) is 4.47. The van der Waals surface area contributed by atoms with E-state index in [2.05, 4.69) is 23.9 Å². The third-order valence-electron chi connectivity index (χ3n) is 4.41. The number of sulfonamides is 1. The Morgan fingerprint density at radius 1 is 1.11 bits per heavy atom. The third-order valence-corrected chi connectivity index (χ3v) is 5.84. The number of hydrogen-bond acceptors (Lipinski definition) is 4. The quantitative estimate of drug-likeness (QED) is 0.690. The van der Waals surface area contributed by atoms with Gasteiger partial charge in [0.2, 0.25) is 10.0 Å². The van der Waals surface area contributed by atoms with Gasteiger partial charge in [-0.05, 0) is 48.7 Å². The second-order valence-electron chi connectivity index (χ2n) is 6.26. The van der Waals surface area contributed by atoms with Crippen LogP contribution in [0.4, 0.5) is 0 Å². The maximum atomic E-state index is 12.1. The molecule has 146 valence electrons. The van der Waals surface area contributed by atoms with Crippen LogP contribution in [0.25, 0.3) is 0 Å². The molecule has 0 fully saturated rings. The van der Waals surface area contributed by atoms with Crippen molar-refractivity contribution in [2.45, 2.75) is 37.6 Å². The molecule has 2 aromatic rings. The van der Waals surface area contributed by atoms with E-state index in [1.165, 1.54) is 19.2 Å². The lowest BCUT2D eigenvalue weighted by Crippen LogP contribution is -2.28. The lowest BCUT2D eigenvalue weighted by Gasteiger charge is -2.15. The summed E-state index contributed by atoms with van der Waals surface area (Å²) in [6.07, 6.45) is 0.992. The molecule has 0 aromatic heterocycles. The number of hydrogen-bond donors (Lipinski definition) is 2. The van der Waals surface area contributed by atoms with E-state index in [-0.39, 0.29) is 17.4 Å². The van der Waals surface area contributed by atoms with Crippen molar-refractivity contribution in [3.8, 4) is 5.75 Å². The minimum atomic E-state index is -3.46. The van der Waals surface area contributed by atoms with E-state index < -0.39 is 10.0 Å². The van der Waals surface area contributed by atoms with Crippen LogP contribution < -0.4 is 14.8 Å². The van der Waals surface area contributed by atoms with Gasteiger partial charge in [-0.3, -0.25) is 4.79 Å². The topological polar surface area (TPSA) is 84.5 Å². The highest BCUT2D eigenvalue weighted by Gasteiger charge is 2.12. The Balaban J connectivity index is 1.89. The second kappa shape index (κ2) is 9.53. The summed E-state index contributed by atoms with van der Waals surface area (Å²) in [5.74, 6) is 0.848. The normalized spacial score (nSPS) is 12.4. The van der Waals surface area contributed by atoms with Crippen molar-refractivity contribution in [3.63, 3.8) is 0 Å². The molecule has 1 atom stereocenters. The fraction of sp³-hybridized carbons (Fsp3) is 0.350. The molecule has 1 unspecified atom stereocenters. The molecular formula is C20H26N2O4S. The standard InChI is InChI=1S/C20H26N2O4S/c1-4-15(2)18-7-5-6-8-19(18)26-14-20(23)22-13-16-9-11-17(12-10-16)27(24,25)21-3/h5-12,15,21H,4,13-14H2,1-3H3,(H,22,23). The Morgan fingerprint density at radius 3 is 2.41 bits per heavy atom. The highest BCUT2D eigenvalue weighted by molar-refractivity contribution is 7.89. The molecule has 0 spiro atoms. The van der Waals surface area contributed by atoms with E-state index >= 15 is 0 Å². The van der Waals surface area contributed by atoms with Crippen LogP contribution in [0.2, 0.25) is 0 Å². The number of rotatable bonds is 9. The van der Waals surface area contributed by atoms with Gasteiger partial charge < -0.3 is 10.1 Å². The summed E-state index contributed by atoms with van der Waals surface area (Å²) in [6, 6.07) is 14.1. The largest absolute Gasteiger partial charge is 0.483 e. The lowest BCUT2D eigenvalue weighted by atomic mass is 9.98. The first kappa shape index (κ1) is 20.9. The second-order valence-corrected chi connectivity index (χ2v) is 8.15. The molecule has 27 heavy (non-hydrogen) atoms. The Kier molecular flexibility index (Phi) is 7.38. The van der Waals surface area contributed by atoms with Gasteiger partial charge in [-0.2, -0.15) is 0 Å². The van der Waals surface area contributed by atoms with Crippen LogP contribution in [0.5, 0.6) is 5.75 Å². The molecule has 0 saturated heterocycles. The Bertz CT molecular complexity index is 864. The van der Waals surface area contributed by atoms with Gasteiger partial charge >= 0.3 is 0 Å². The van der Waals surface area contributed by atoms with Crippen molar-refractivity contribution in [2.75, 3.05) is 13.7 Å². The molecule has 0 heterocycles. The van der Waals surface area contributed by atoms with Gasteiger partial charge in [0.15, 0.2) is 6.61 Å². The summed E-state index contributed by atoms with van der Waals surface area (Å²) in [4.78, 5) is 12.3. The van der Waals surface area contributed by atoms with Crippen LogP contribution in [0, 0.1) is 0 Å². The van der Waals surface area contributed by atoms with Crippen molar-refractivity contribution in [2.24, 2.45) is 0 Å². The molecule has 0 aliphatic heterocycles. The molecule has 0 aliphatic carbocycles. The molecule has 7 heteroatoms. The average molecular weight is 391 g/mol. The first-order valence-corrected chi connectivity index (χ1v) is 10.4. The Morgan fingerprint density at radius 2 is 1.78 bits per heavy atom. The lowest BCUT2D eigenvalue weighted by molar-refractivity contribution is -0.123. The maximum Gasteiger partial charge on any atom is 0.258 e. The summed E-state index contributed by atoms with van der Waals surface area (Å²) >= 11 is 0. The highest BCUT2D eigenvalue weighted by atomic mass is 32.2. The fourth-order valence-electron chi connectivity index (χ4n) is 2.54. The van der Waals surface area contributed by atoms with E-state index in [0.717, 1.165) is 23.3 Å². The van der Waals surface area contributed by atoms with Crippen LogP contribution in [0.15, 0.2) is 53.4 Å². The summed E-state index contributed by atoms with van der Waals surface area (Å²) < 4.78 is 31.3. The molecule has 0 bridgehead atoms. The Labute approximate surface area is 161 Å². The zero-order chi connectivity index (χ0) is 19.9. The maximum absolute atomic E-state index is 12.1. The predicted molar refractivity (Wildman–Crippen MR) is 105 cm³/mol. The molecule has 1 amide bonds. The number of amides is 1. The first-order valence-electron chi connectivity index (χ1n) is 8.88. The average Bonchev–Trinajstić information content (AvgIpc) is 2.70. The number of ether oxygens (including phenoxy) is 1. The van der Waals surface area contributed by atoms with Gasteiger partial charge in [-0.15, -0.1) is 0 Å². The minimum absolute atomic E-state index is 0.0698. The van der Waals surface area contributed by atoms with E-state index in [4.69, 9.17) is 4.74 Å². The molecule has 2 aromatic carbocycles. The van der Waals surface area contributed by atoms with E-state index in [9.17, 15) is 13.2 Å². The molecule has 6 nitrogen and oxygen atoms in total. The van der Waals surface area contributed by atoms with Gasteiger partial charge in [-0.25, -0.2) is 13.1 Å². The van der Waals surface area contributed by atoms with Crippen molar-refractivity contribution >= 4 is 15.9 Å². The van der Waals surface area contributed by atoms with Crippen LogP contribution in [-0.2, 0) is 21.4 Å². The van der Waals surface area contributed by atoms with Crippen LogP contribution in [-0.4, -0.2) is 28.0 Å². The highest BCUT2D eigenvalue weighted by Crippen LogP contribution is 2.28. The van der Waals surface area contributed by atoms with Gasteiger partial charge in [0, 0.05) is 6.54 Å². The molecule has 0 saturated carbocycles. The molecule has 0 aliphatic rings. The summed E-state index contributed by atoms with van der Waals surface area (Å²) in [7, 11) is -2.09. The first-order chi connectivity index (χ1) is 12.9. The zero-order valence-electron chi connectivity index (χ0n) is 15.9. The fourth-order valence-corrected chi connectivity index (χ4v) is 3.27. The predicted octanol–water partition coefficient (Wildman–Crippen LogP) is 2.80. The van der Waals surface area contributed by atoms with Crippen LogP contribution in [0.1, 0.15) is 37.3 Å².